The minimum Gasteiger partial charge on any atom is -0.332 e. The first kappa shape index (κ1) is 22.6. The summed E-state index contributed by atoms with van der Waals surface area (Å²) in [6.45, 7) is 10.6. The predicted molar refractivity (Wildman–Crippen MR) is 119 cm³/mol. The first-order valence-electron chi connectivity index (χ1n) is 10.3. The van der Waals surface area contributed by atoms with Gasteiger partial charge in [-0.25, -0.2) is 0 Å². The largest absolute Gasteiger partial charge is 0.332 e. The second-order valence-corrected chi connectivity index (χ2v) is 8.36. The molecule has 156 valence electrons. The Bertz CT molecular complexity index is 796. The van der Waals surface area contributed by atoms with Gasteiger partial charge < -0.3 is 16.0 Å². The summed E-state index contributed by atoms with van der Waals surface area (Å²) < 4.78 is 0. The van der Waals surface area contributed by atoms with E-state index in [0.717, 1.165) is 12.1 Å². The Labute approximate surface area is 174 Å². The normalized spacial score (nSPS) is 12.1. The number of nitrogens with two attached hydrogens (primary N) is 1. The van der Waals surface area contributed by atoms with Crippen LogP contribution >= 0.6 is 0 Å². The quantitative estimate of drug-likeness (QED) is 0.604. The van der Waals surface area contributed by atoms with Gasteiger partial charge in [-0.05, 0) is 42.2 Å². The zero-order valence-electron chi connectivity index (χ0n) is 18.2. The van der Waals surface area contributed by atoms with Gasteiger partial charge in [0, 0.05) is 29.8 Å². The Morgan fingerprint density at radius 1 is 0.862 bits per heavy atom. The zero-order chi connectivity index (χ0) is 21.4. The fourth-order valence-electron chi connectivity index (χ4n) is 3.43. The number of carbonyl (C=O) groups excluding carboxylic acids is 2. The number of nitrogens with one attached hydrogen (secondary N) is 2. The van der Waals surface area contributed by atoms with Gasteiger partial charge in [0.2, 0.25) is 5.91 Å². The van der Waals surface area contributed by atoms with Gasteiger partial charge in [0.1, 0.15) is 6.04 Å². The van der Waals surface area contributed by atoms with E-state index in [-0.39, 0.29) is 17.9 Å². The number of hydrogen-bond acceptors (Lipinski definition) is 2. The smallest absolute Gasteiger partial charge is 0.279 e. The van der Waals surface area contributed by atoms with Gasteiger partial charge in [0.25, 0.3) is 5.91 Å². The molecule has 0 radical (unpaired) electrons. The van der Waals surface area contributed by atoms with Crippen molar-refractivity contribution in [3.05, 3.63) is 59.7 Å². The maximum absolute atomic E-state index is 12.4. The Kier molecular flexibility index (Phi) is 8.40. The molecular weight excluding hydrogens is 362 g/mol. The first-order valence-corrected chi connectivity index (χ1v) is 10.3. The number of rotatable bonds is 9. The summed E-state index contributed by atoms with van der Waals surface area (Å²) in [5.41, 5.74) is 4.03. The van der Waals surface area contributed by atoms with E-state index in [0.29, 0.717) is 24.1 Å². The first-order chi connectivity index (χ1) is 13.7. The zero-order valence-corrected chi connectivity index (χ0v) is 18.2. The Morgan fingerprint density at radius 2 is 1.41 bits per heavy atom. The summed E-state index contributed by atoms with van der Waals surface area (Å²) in [7, 11) is 0. The maximum atomic E-state index is 12.4. The molecule has 5 nitrogen and oxygen atoms in total. The fourth-order valence-corrected chi connectivity index (χ4v) is 3.43. The molecule has 1 atom stereocenters. The van der Waals surface area contributed by atoms with Crippen molar-refractivity contribution in [2.45, 2.75) is 47.1 Å². The number of anilines is 2. The lowest BCUT2D eigenvalue weighted by Gasteiger charge is -2.20. The van der Waals surface area contributed by atoms with Crippen molar-refractivity contribution in [1.82, 2.24) is 0 Å². The van der Waals surface area contributed by atoms with Crippen LogP contribution in [0.2, 0.25) is 0 Å². The average molecular weight is 397 g/mol. The summed E-state index contributed by atoms with van der Waals surface area (Å²) in [6.07, 6.45) is 1.08. The van der Waals surface area contributed by atoms with Crippen molar-refractivity contribution in [3.8, 4) is 0 Å². The summed E-state index contributed by atoms with van der Waals surface area (Å²) in [4.78, 5) is 23.5. The molecule has 29 heavy (non-hydrogen) atoms. The summed E-state index contributed by atoms with van der Waals surface area (Å²) in [5.74, 6) is 0.896. The van der Waals surface area contributed by atoms with E-state index in [9.17, 15) is 9.59 Å². The van der Waals surface area contributed by atoms with E-state index in [2.05, 4.69) is 67.9 Å². The second kappa shape index (κ2) is 10.8. The van der Waals surface area contributed by atoms with Crippen LogP contribution in [0.5, 0.6) is 0 Å². The monoisotopic (exact) mass is 396 g/mol. The van der Waals surface area contributed by atoms with Crippen LogP contribution in [0, 0.1) is 11.8 Å². The van der Waals surface area contributed by atoms with Crippen molar-refractivity contribution in [1.29, 1.82) is 0 Å². The third kappa shape index (κ3) is 7.70. The van der Waals surface area contributed by atoms with Crippen LogP contribution in [-0.4, -0.2) is 18.4 Å². The molecule has 2 aromatic carbocycles. The number of quaternary nitrogens is 1. The average Bonchev–Trinajstić information content (AvgIpc) is 2.63. The molecule has 2 aromatic rings. The Morgan fingerprint density at radius 3 is 1.90 bits per heavy atom. The van der Waals surface area contributed by atoms with Crippen LogP contribution in [0.15, 0.2) is 48.5 Å². The van der Waals surface area contributed by atoms with Crippen LogP contribution in [0.25, 0.3) is 0 Å². The van der Waals surface area contributed by atoms with Crippen LogP contribution in [-0.2, 0) is 16.0 Å². The highest BCUT2D eigenvalue weighted by atomic mass is 16.2. The molecule has 2 rings (SSSR count). The third-order valence-electron chi connectivity index (χ3n) is 4.77. The summed E-state index contributed by atoms with van der Waals surface area (Å²) >= 11 is 0. The van der Waals surface area contributed by atoms with Gasteiger partial charge in [0.15, 0.2) is 6.54 Å². The summed E-state index contributed by atoms with van der Waals surface area (Å²) in [6, 6.07) is 16.1. The van der Waals surface area contributed by atoms with Crippen molar-refractivity contribution >= 4 is 23.2 Å². The van der Waals surface area contributed by atoms with Crippen LogP contribution in [0.4, 0.5) is 11.4 Å². The topological polar surface area (TPSA) is 74.8 Å². The van der Waals surface area contributed by atoms with Gasteiger partial charge in [-0.15, -0.1) is 0 Å². The van der Waals surface area contributed by atoms with Crippen molar-refractivity contribution in [2.24, 2.45) is 11.8 Å². The van der Waals surface area contributed by atoms with Crippen molar-refractivity contribution in [3.63, 3.8) is 0 Å². The molecule has 0 bridgehead atoms. The van der Waals surface area contributed by atoms with Gasteiger partial charge in [0.05, 0.1) is 0 Å². The standard InChI is InChI=1S/C24H33N3O2/c1-16(2)14-19-6-8-20(9-7-19)24(17(3)4)25-15-23(29)27-22-12-10-21(11-13-22)26-18(5)28/h6-13,16-17,24-25H,14-15H2,1-5H3,(H,26,28)(H,27,29)/p+1/t24-/m1/s1. The van der Waals surface area contributed by atoms with Gasteiger partial charge in [-0.2, -0.15) is 0 Å². The number of carbonyl (C=O) groups is 2. The van der Waals surface area contributed by atoms with E-state index in [1.807, 2.05) is 0 Å². The van der Waals surface area contributed by atoms with Crippen LogP contribution < -0.4 is 16.0 Å². The summed E-state index contributed by atoms with van der Waals surface area (Å²) in [5, 5.41) is 7.73. The Balaban J connectivity index is 1.92. The van der Waals surface area contributed by atoms with Crippen LogP contribution in [0.3, 0.4) is 0 Å². The van der Waals surface area contributed by atoms with Crippen LogP contribution in [0.1, 0.15) is 51.8 Å². The highest BCUT2D eigenvalue weighted by Crippen LogP contribution is 2.19. The van der Waals surface area contributed by atoms with Gasteiger partial charge in [-0.3, -0.25) is 9.59 Å². The SMILES string of the molecule is CC(=O)Nc1ccc(NC(=O)C[NH2+][C@@H](c2ccc(CC(C)C)cc2)C(C)C)cc1. The molecule has 0 fully saturated rings. The van der Waals surface area contributed by atoms with E-state index in [1.165, 1.54) is 18.1 Å². The molecule has 0 saturated heterocycles. The number of benzene rings is 2. The molecule has 0 saturated carbocycles. The lowest BCUT2D eigenvalue weighted by Crippen LogP contribution is -2.88. The fraction of sp³-hybridized carbons (Fsp3) is 0.417. The molecular formula is C24H34N3O2+. The molecule has 0 aliphatic heterocycles. The minimum atomic E-state index is -0.117. The molecule has 5 heteroatoms. The molecule has 4 N–H and O–H groups in total. The van der Waals surface area contributed by atoms with E-state index in [1.54, 1.807) is 24.3 Å². The van der Waals surface area contributed by atoms with Crippen molar-refractivity contribution < 1.29 is 14.9 Å². The lowest BCUT2D eigenvalue weighted by atomic mass is 9.94. The second-order valence-electron chi connectivity index (χ2n) is 8.36. The molecule has 0 unspecified atom stereocenters. The van der Waals surface area contributed by atoms with E-state index >= 15 is 0 Å². The van der Waals surface area contributed by atoms with Crippen molar-refractivity contribution in [2.75, 3.05) is 17.2 Å². The lowest BCUT2D eigenvalue weighted by molar-refractivity contribution is -0.692. The molecule has 0 spiro atoms. The Hall–Kier alpha value is -2.66. The van der Waals surface area contributed by atoms with Gasteiger partial charge in [-0.1, -0.05) is 52.0 Å². The maximum Gasteiger partial charge on any atom is 0.279 e. The van der Waals surface area contributed by atoms with E-state index < -0.39 is 0 Å². The molecule has 0 heterocycles. The third-order valence-corrected chi connectivity index (χ3v) is 4.77. The van der Waals surface area contributed by atoms with E-state index in [4.69, 9.17) is 0 Å². The number of amides is 2. The van der Waals surface area contributed by atoms with Gasteiger partial charge >= 0.3 is 0 Å². The molecule has 2 amide bonds. The molecule has 0 aliphatic carbocycles. The highest BCUT2D eigenvalue weighted by Gasteiger charge is 2.20. The minimum absolute atomic E-state index is 0.0423. The highest BCUT2D eigenvalue weighted by molar-refractivity contribution is 5.92. The molecule has 0 aromatic heterocycles. The molecule has 0 aliphatic rings. The predicted octanol–water partition coefficient (Wildman–Crippen LogP) is 3.74. The number of hydrogen-bond donors (Lipinski definition) is 3.